The molecule has 8 heteroatoms. The number of carbonyl (C=O) groups is 1. The lowest BCUT2D eigenvalue weighted by Gasteiger charge is -2.10. The third kappa shape index (κ3) is 6.33. The van der Waals surface area contributed by atoms with E-state index in [0.29, 0.717) is 10.7 Å². The number of thioether (sulfide) groups is 2. The van der Waals surface area contributed by atoms with Crippen molar-refractivity contribution < 1.29 is 4.79 Å². The number of hydrogen-bond donors (Lipinski definition) is 1. The average molecular weight is 388 g/mol. The molecule has 124 valence electrons. The molecule has 23 heavy (non-hydrogen) atoms. The fraction of sp³-hybridized carbons (Fsp3) is 0.400. The highest BCUT2D eigenvalue weighted by Gasteiger charge is 2.17. The molecule has 0 saturated carbocycles. The molecule has 1 heterocycles. The molecule has 2 aromatic rings. The highest BCUT2D eigenvalue weighted by molar-refractivity contribution is 8.03. The van der Waals surface area contributed by atoms with Crippen molar-refractivity contribution in [3.63, 3.8) is 0 Å². The van der Waals surface area contributed by atoms with Crippen LogP contribution in [0.3, 0.4) is 0 Å². The smallest absolute Gasteiger partial charge is 0.237 e. The molecule has 1 N–H and O–H groups in total. The third-order valence-electron chi connectivity index (χ3n) is 2.85. The van der Waals surface area contributed by atoms with Crippen molar-refractivity contribution in [2.24, 2.45) is 0 Å². The molecule has 0 saturated heterocycles. The molecule has 1 unspecified atom stereocenters. The number of nitrogens with one attached hydrogen (secondary N) is 1. The monoisotopic (exact) mass is 387 g/mol. The predicted octanol–water partition coefficient (Wildman–Crippen LogP) is 5.20. The maximum Gasteiger partial charge on any atom is 0.237 e. The Kier molecular flexibility index (Phi) is 7.69. The summed E-state index contributed by atoms with van der Waals surface area (Å²) in [6.45, 7) is 4.03. The fourth-order valence-corrected chi connectivity index (χ4v) is 5.13. The standard InChI is InChI=1S/C15H18ClN3OS3/c1-3-4-8-21-14-18-19-15(23-14)22-10(2)13(20)17-12-7-5-6-11(16)9-12/h5-7,9-10H,3-4,8H2,1-2H3,(H,17,20). The molecule has 0 spiro atoms. The van der Waals surface area contributed by atoms with Crippen LogP contribution in [-0.2, 0) is 4.79 Å². The SMILES string of the molecule is CCCCSc1nnc(SC(C)C(=O)Nc2cccc(Cl)c2)s1. The molecule has 0 bridgehead atoms. The van der Waals surface area contributed by atoms with Crippen molar-refractivity contribution in [1.82, 2.24) is 10.2 Å². The van der Waals surface area contributed by atoms with Crippen LogP contribution in [0.1, 0.15) is 26.7 Å². The van der Waals surface area contributed by atoms with Gasteiger partial charge in [-0.2, -0.15) is 0 Å². The van der Waals surface area contributed by atoms with Crippen LogP contribution in [0.4, 0.5) is 5.69 Å². The van der Waals surface area contributed by atoms with Crippen molar-refractivity contribution >= 4 is 58.1 Å². The molecule has 4 nitrogen and oxygen atoms in total. The van der Waals surface area contributed by atoms with Crippen LogP contribution in [0.15, 0.2) is 32.9 Å². The van der Waals surface area contributed by atoms with Crippen LogP contribution in [0, 0.1) is 0 Å². The first-order valence-corrected chi connectivity index (χ1v) is 10.3. The molecule has 1 aromatic carbocycles. The van der Waals surface area contributed by atoms with Crippen molar-refractivity contribution in [1.29, 1.82) is 0 Å². The zero-order chi connectivity index (χ0) is 16.7. The first-order valence-electron chi connectivity index (χ1n) is 7.28. The van der Waals surface area contributed by atoms with E-state index in [1.807, 2.05) is 13.0 Å². The van der Waals surface area contributed by atoms with Crippen LogP contribution in [0.25, 0.3) is 0 Å². The van der Waals surface area contributed by atoms with Gasteiger partial charge in [-0.1, -0.05) is 65.9 Å². The second-order valence-corrected chi connectivity index (χ2v) is 9.14. The quantitative estimate of drug-likeness (QED) is 0.498. The van der Waals surface area contributed by atoms with E-state index in [1.165, 1.54) is 24.6 Å². The van der Waals surface area contributed by atoms with Gasteiger partial charge in [0.1, 0.15) is 0 Å². The van der Waals surface area contributed by atoms with E-state index in [0.717, 1.165) is 14.4 Å². The number of aromatic nitrogens is 2. The summed E-state index contributed by atoms with van der Waals surface area (Å²) in [7, 11) is 0. The molecule has 1 aromatic heterocycles. The Bertz CT molecular complexity index is 650. The Morgan fingerprint density at radius 3 is 2.91 bits per heavy atom. The molecule has 0 fully saturated rings. The van der Waals surface area contributed by atoms with Crippen molar-refractivity contribution in [2.75, 3.05) is 11.1 Å². The normalized spacial score (nSPS) is 12.1. The number of carbonyl (C=O) groups excluding carboxylic acids is 1. The molecule has 0 aliphatic heterocycles. The van der Waals surface area contributed by atoms with E-state index in [1.54, 1.807) is 41.3 Å². The first-order chi connectivity index (χ1) is 11.1. The van der Waals surface area contributed by atoms with Crippen molar-refractivity contribution in [3.8, 4) is 0 Å². The summed E-state index contributed by atoms with van der Waals surface area (Å²) < 4.78 is 1.78. The third-order valence-corrected chi connectivity index (χ3v) is 6.41. The van der Waals surface area contributed by atoms with Gasteiger partial charge in [0, 0.05) is 16.5 Å². The van der Waals surface area contributed by atoms with Crippen molar-refractivity contribution in [2.45, 2.75) is 40.6 Å². The Balaban J connectivity index is 1.85. The van der Waals surface area contributed by atoms with E-state index in [-0.39, 0.29) is 11.2 Å². The Morgan fingerprint density at radius 2 is 2.17 bits per heavy atom. The van der Waals surface area contributed by atoms with Crippen molar-refractivity contribution in [3.05, 3.63) is 29.3 Å². The fourth-order valence-electron chi connectivity index (χ4n) is 1.62. The number of hydrogen-bond acceptors (Lipinski definition) is 6. The van der Waals surface area contributed by atoms with E-state index < -0.39 is 0 Å². The lowest BCUT2D eigenvalue weighted by Crippen LogP contribution is -2.22. The lowest BCUT2D eigenvalue weighted by atomic mass is 10.3. The van der Waals surface area contributed by atoms with Crippen LogP contribution in [-0.4, -0.2) is 27.1 Å². The van der Waals surface area contributed by atoms with Crippen LogP contribution >= 0.6 is 46.5 Å². The second kappa shape index (κ2) is 9.52. The number of rotatable bonds is 8. The van der Waals surface area contributed by atoms with Gasteiger partial charge in [-0.05, 0) is 31.5 Å². The minimum atomic E-state index is -0.254. The maximum atomic E-state index is 12.2. The summed E-state index contributed by atoms with van der Waals surface area (Å²) >= 11 is 10.6. The molecule has 2 rings (SSSR count). The first kappa shape index (κ1) is 18.6. The Hall–Kier alpha value is -0.760. The average Bonchev–Trinajstić information content (AvgIpc) is 2.95. The lowest BCUT2D eigenvalue weighted by molar-refractivity contribution is -0.115. The van der Waals surface area contributed by atoms with Gasteiger partial charge in [-0.25, -0.2) is 0 Å². The van der Waals surface area contributed by atoms with E-state index >= 15 is 0 Å². The van der Waals surface area contributed by atoms with E-state index in [9.17, 15) is 4.79 Å². The maximum absolute atomic E-state index is 12.2. The molecule has 1 atom stereocenters. The summed E-state index contributed by atoms with van der Waals surface area (Å²) in [6, 6.07) is 7.12. The van der Waals surface area contributed by atoms with Gasteiger partial charge < -0.3 is 5.32 Å². The number of anilines is 1. The summed E-state index contributed by atoms with van der Waals surface area (Å²) in [4.78, 5) is 12.2. The minimum absolute atomic E-state index is 0.0762. The second-order valence-electron chi connectivity index (χ2n) is 4.80. The van der Waals surface area contributed by atoms with Crippen LogP contribution < -0.4 is 5.32 Å². The van der Waals surface area contributed by atoms with Gasteiger partial charge in [-0.3, -0.25) is 4.79 Å². The summed E-state index contributed by atoms with van der Waals surface area (Å²) in [5.41, 5.74) is 0.697. The number of halogens is 1. The number of amides is 1. The molecular weight excluding hydrogens is 370 g/mol. The largest absolute Gasteiger partial charge is 0.325 e. The van der Waals surface area contributed by atoms with Crippen LogP contribution in [0.5, 0.6) is 0 Å². The molecule has 1 amide bonds. The van der Waals surface area contributed by atoms with Gasteiger partial charge in [0.15, 0.2) is 8.68 Å². The topological polar surface area (TPSA) is 54.9 Å². The zero-order valence-electron chi connectivity index (χ0n) is 12.9. The van der Waals surface area contributed by atoms with E-state index in [4.69, 9.17) is 11.6 Å². The van der Waals surface area contributed by atoms with Gasteiger partial charge >= 0.3 is 0 Å². The van der Waals surface area contributed by atoms with Gasteiger partial charge in [-0.15, -0.1) is 10.2 Å². The van der Waals surface area contributed by atoms with Gasteiger partial charge in [0.2, 0.25) is 5.91 Å². The summed E-state index contributed by atoms with van der Waals surface area (Å²) in [5.74, 6) is 0.980. The van der Waals surface area contributed by atoms with E-state index in [2.05, 4.69) is 22.4 Å². The van der Waals surface area contributed by atoms with Gasteiger partial charge in [0.25, 0.3) is 0 Å². The summed E-state index contributed by atoms with van der Waals surface area (Å²) in [5, 5.41) is 11.5. The number of nitrogens with zero attached hydrogens (tertiary/aromatic N) is 2. The molecule has 0 aliphatic carbocycles. The minimum Gasteiger partial charge on any atom is -0.325 e. The van der Waals surface area contributed by atoms with Crippen LogP contribution in [0.2, 0.25) is 5.02 Å². The predicted molar refractivity (Wildman–Crippen MR) is 101 cm³/mol. The molecule has 0 radical (unpaired) electrons. The molecular formula is C15H18ClN3OS3. The Labute approximate surface area is 153 Å². The molecule has 0 aliphatic rings. The number of unbranched alkanes of at least 4 members (excludes halogenated alkanes) is 1. The highest BCUT2D eigenvalue weighted by atomic mass is 35.5. The Morgan fingerprint density at radius 1 is 1.39 bits per heavy atom. The number of benzene rings is 1. The zero-order valence-corrected chi connectivity index (χ0v) is 16.1. The van der Waals surface area contributed by atoms with Gasteiger partial charge in [0.05, 0.1) is 5.25 Å². The summed E-state index contributed by atoms with van der Waals surface area (Å²) in [6.07, 6.45) is 2.35. The highest BCUT2D eigenvalue weighted by Crippen LogP contribution is 2.32.